The monoisotopic (exact) mass is 273 g/mol. The summed E-state index contributed by atoms with van der Waals surface area (Å²) in [6.07, 6.45) is -0.554. The van der Waals surface area contributed by atoms with Crippen molar-refractivity contribution < 1.29 is 9.84 Å². The molecule has 1 atom stereocenters. The van der Waals surface area contributed by atoms with Crippen LogP contribution in [0.25, 0.3) is 0 Å². The molecule has 0 amide bonds. The van der Waals surface area contributed by atoms with E-state index in [-0.39, 0.29) is 0 Å². The van der Waals surface area contributed by atoms with Gasteiger partial charge in [0.05, 0.1) is 17.7 Å². The number of methoxy groups -OCH3 is 1. The molecule has 4 heteroatoms. The maximum atomic E-state index is 9.88. The van der Waals surface area contributed by atoms with Crippen LogP contribution in [-0.2, 0) is 0 Å². The zero-order valence-corrected chi connectivity index (χ0v) is 10.8. The molecular weight excluding hydrogens is 258 g/mol. The van der Waals surface area contributed by atoms with E-state index in [1.165, 1.54) is 0 Å². The topological polar surface area (TPSA) is 41.5 Å². The van der Waals surface area contributed by atoms with Crippen molar-refractivity contribution in [2.24, 2.45) is 0 Å². The summed E-state index contributed by atoms with van der Waals surface area (Å²) in [7, 11) is 3.41. The number of likely N-dealkylation sites (N-methyl/N-ethyl adjacent to an activating group) is 1. The number of aliphatic hydroxyl groups is 1. The third-order valence-corrected chi connectivity index (χ3v) is 3.27. The first-order valence-corrected chi connectivity index (χ1v) is 5.56. The van der Waals surface area contributed by atoms with Gasteiger partial charge in [-0.05, 0) is 35.5 Å². The van der Waals surface area contributed by atoms with E-state index in [0.29, 0.717) is 12.3 Å². The van der Waals surface area contributed by atoms with E-state index in [1.807, 2.05) is 19.1 Å². The first kappa shape index (κ1) is 12.5. The minimum absolute atomic E-state index is 0.506. The van der Waals surface area contributed by atoms with Crippen molar-refractivity contribution >= 4 is 15.9 Å². The molecule has 0 saturated carbocycles. The molecule has 15 heavy (non-hydrogen) atoms. The Morgan fingerprint density at radius 1 is 1.53 bits per heavy atom. The van der Waals surface area contributed by atoms with Crippen LogP contribution >= 0.6 is 15.9 Å². The van der Waals surface area contributed by atoms with Gasteiger partial charge >= 0.3 is 0 Å². The maximum absolute atomic E-state index is 9.88. The molecule has 1 unspecified atom stereocenters. The molecule has 0 bridgehead atoms. The quantitative estimate of drug-likeness (QED) is 0.882. The van der Waals surface area contributed by atoms with E-state index in [9.17, 15) is 5.11 Å². The highest BCUT2D eigenvalue weighted by molar-refractivity contribution is 9.10. The first-order valence-electron chi connectivity index (χ1n) is 4.77. The SMILES string of the molecule is CNCC(O)c1ccc(C)c(Br)c1OC. The van der Waals surface area contributed by atoms with Crippen molar-refractivity contribution in [3.63, 3.8) is 0 Å². The first-order chi connectivity index (χ1) is 7.11. The van der Waals surface area contributed by atoms with E-state index in [4.69, 9.17) is 4.74 Å². The number of ether oxygens (including phenoxy) is 1. The highest BCUT2D eigenvalue weighted by atomic mass is 79.9. The molecule has 1 aromatic carbocycles. The van der Waals surface area contributed by atoms with Crippen LogP contribution in [0, 0.1) is 6.92 Å². The van der Waals surface area contributed by atoms with Crippen molar-refractivity contribution in [1.29, 1.82) is 0 Å². The van der Waals surface area contributed by atoms with Gasteiger partial charge in [-0.3, -0.25) is 0 Å². The van der Waals surface area contributed by atoms with Crippen LogP contribution in [0.15, 0.2) is 16.6 Å². The maximum Gasteiger partial charge on any atom is 0.139 e. The summed E-state index contributed by atoms with van der Waals surface area (Å²) < 4.78 is 6.19. The Kier molecular flexibility index (Phi) is 4.57. The van der Waals surface area contributed by atoms with Crippen LogP contribution in [0.2, 0.25) is 0 Å². The molecule has 84 valence electrons. The van der Waals surface area contributed by atoms with E-state index >= 15 is 0 Å². The molecule has 0 aromatic heterocycles. The molecule has 3 nitrogen and oxygen atoms in total. The number of benzene rings is 1. The van der Waals surface area contributed by atoms with Gasteiger partial charge in [0.1, 0.15) is 5.75 Å². The van der Waals surface area contributed by atoms with Crippen LogP contribution in [0.3, 0.4) is 0 Å². The minimum Gasteiger partial charge on any atom is -0.495 e. The van der Waals surface area contributed by atoms with E-state index in [1.54, 1.807) is 14.2 Å². The average Bonchev–Trinajstić information content (AvgIpc) is 2.22. The predicted octanol–water partition coefficient (Wildman–Crippen LogP) is 2.02. The average molecular weight is 274 g/mol. The zero-order chi connectivity index (χ0) is 11.4. The van der Waals surface area contributed by atoms with Crippen molar-refractivity contribution in [1.82, 2.24) is 5.32 Å². The lowest BCUT2D eigenvalue weighted by molar-refractivity contribution is 0.173. The number of hydrogen-bond donors (Lipinski definition) is 2. The highest BCUT2D eigenvalue weighted by Crippen LogP contribution is 2.35. The summed E-state index contributed by atoms with van der Waals surface area (Å²) in [6, 6.07) is 3.85. The van der Waals surface area contributed by atoms with Gasteiger partial charge in [-0.15, -0.1) is 0 Å². The molecular formula is C11H16BrNO2. The molecule has 0 fully saturated rings. The Hall–Kier alpha value is -0.580. The lowest BCUT2D eigenvalue weighted by Gasteiger charge is -2.16. The molecule has 0 saturated heterocycles. The normalized spacial score (nSPS) is 12.6. The second-order valence-corrected chi connectivity index (χ2v) is 4.19. The summed E-state index contributed by atoms with van der Waals surface area (Å²) in [5, 5.41) is 12.8. The Labute approximate surface area is 98.6 Å². The van der Waals surface area contributed by atoms with Crippen molar-refractivity contribution in [2.45, 2.75) is 13.0 Å². The number of rotatable bonds is 4. The van der Waals surface area contributed by atoms with Gasteiger partial charge in [0, 0.05) is 12.1 Å². The number of aliphatic hydroxyl groups excluding tert-OH is 1. The van der Waals surface area contributed by atoms with Gasteiger partial charge in [0.15, 0.2) is 0 Å². The molecule has 0 spiro atoms. The van der Waals surface area contributed by atoms with Crippen LogP contribution in [0.1, 0.15) is 17.2 Å². The lowest BCUT2D eigenvalue weighted by Crippen LogP contribution is -2.17. The summed E-state index contributed by atoms with van der Waals surface area (Å²) in [5.74, 6) is 0.706. The Morgan fingerprint density at radius 2 is 2.20 bits per heavy atom. The fourth-order valence-corrected chi connectivity index (χ4v) is 1.97. The number of aryl methyl sites for hydroxylation is 1. The minimum atomic E-state index is -0.554. The predicted molar refractivity (Wildman–Crippen MR) is 64.3 cm³/mol. The molecule has 0 heterocycles. The highest BCUT2D eigenvalue weighted by Gasteiger charge is 2.16. The molecule has 0 aliphatic heterocycles. The van der Waals surface area contributed by atoms with Gasteiger partial charge in [-0.1, -0.05) is 12.1 Å². The summed E-state index contributed by atoms with van der Waals surface area (Å²) in [5.41, 5.74) is 1.89. The largest absolute Gasteiger partial charge is 0.495 e. The second kappa shape index (κ2) is 5.49. The number of halogens is 1. The fourth-order valence-electron chi connectivity index (χ4n) is 1.44. The molecule has 1 aromatic rings. The second-order valence-electron chi connectivity index (χ2n) is 3.39. The molecule has 2 N–H and O–H groups in total. The van der Waals surface area contributed by atoms with Crippen LogP contribution < -0.4 is 10.1 Å². The fraction of sp³-hybridized carbons (Fsp3) is 0.455. The van der Waals surface area contributed by atoms with Crippen molar-refractivity contribution in [3.8, 4) is 5.75 Å². The Balaban J connectivity index is 3.12. The van der Waals surface area contributed by atoms with E-state index in [2.05, 4.69) is 21.2 Å². The van der Waals surface area contributed by atoms with Crippen LogP contribution in [0.4, 0.5) is 0 Å². The van der Waals surface area contributed by atoms with Gasteiger partial charge in [-0.2, -0.15) is 0 Å². The van der Waals surface area contributed by atoms with Gasteiger partial charge in [0.2, 0.25) is 0 Å². The summed E-state index contributed by atoms with van der Waals surface area (Å²) in [4.78, 5) is 0. The summed E-state index contributed by atoms with van der Waals surface area (Å²) >= 11 is 3.45. The lowest BCUT2D eigenvalue weighted by atomic mass is 10.1. The number of hydrogen-bond acceptors (Lipinski definition) is 3. The van der Waals surface area contributed by atoms with E-state index < -0.39 is 6.10 Å². The molecule has 1 rings (SSSR count). The Morgan fingerprint density at radius 3 is 2.73 bits per heavy atom. The number of nitrogens with one attached hydrogen (secondary N) is 1. The smallest absolute Gasteiger partial charge is 0.139 e. The Bertz CT molecular complexity index is 342. The van der Waals surface area contributed by atoms with Crippen LogP contribution in [-0.4, -0.2) is 25.8 Å². The molecule has 0 radical (unpaired) electrons. The van der Waals surface area contributed by atoms with Gasteiger partial charge in [-0.25, -0.2) is 0 Å². The van der Waals surface area contributed by atoms with Crippen molar-refractivity contribution in [3.05, 3.63) is 27.7 Å². The molecule has 0 aliphatic carbocycles. The van der Waals surface area contributed by atoms with Crippen molar-refractivity contribution in [2.75, 3.05) is 20.7 Å². The standard InChI is InChI=1S/C11H16BrNO2/c1-7-4-5-8(9(14)6-13-2)11(15-3)10(7)12/h4-5,9,13-14H,6H2,1-3H3. The molecule has 0 aliphatic rings. The third kappa shape index (κ3) is 2.71. The van der Waals surface area contributed by atoms with Gasteiger partial charge < -0.3 is 15.2 Å². The van der Waals surface area contributed by atoms with Gasteiger partial charge in [0.25, 0.3) is 0 Å². The third-order valence-electron chi connectivity index (χ3n) is 2.28. The zero-order valence-electron chi connectivity index (χ0n) is 9.17. The summed E-state index contributed by atoms with van der Waals surface area (Å²) in [6.45, 7) is 2.49. The van der Waals surface area contributed by atoms with E-state index in [0.717, 1.165) is 15.6 Å². The van der Waals surface area contributed by atoms with Crippen LogP contribution in [0.5, 0.6) is 5.75 Å².